The Morgan fingerprint density at radius 1 is 1.02 bits per heavy atom. The van der Waals surface area contributed by atoms with Gasteiger partial charge in [0.05, 0.1) is 23.7 Å². The second-order valence-corrected chi connectivity index (χ2v) is 12.2. The van der Waals surface area contributed by atoms with Crippen LogP contribution < -0.4 is 0 Å². The quantitative estimate of drug-likeness (QED) is 0.299. The predicted octanol–water partition coefficient (Wildman–Crippen LogP) is 6.59. The molecule has 1 amide bonds. The topological polar surface area (TPSA) is 49.9 Å². The number of amides is 1. The second kappa shape index (κ2) is 11.4. The number of nitrogens with zero attached hydrogens (tertiary/aromatic N) is 2. The summed E-state index contributed by atoms with van der Waals surface area (Å²) in [5.41, 5.74) is 0.487. The molecule has 2 aliphatic heterocycles. The average molecular weight is 575 g/mol. The molecule has 1 saturated heterocycles. The highest BCUT2D eigenvalue weighted by Crippen LogP contribution is 2.49. The van der Waals surface area contributed by atoms with E-state index in [9.17, 15) is 27.2 Å². The first-order chi connectivity index (χ1) is 19.4. The molecule has 0 radical (unpaired) electrons. The normalized spacial score (nSPS) is 24.0. The van der Waals surface area contributed by atoms with E-state index >= 15 is 0 Å². The number of esters is 1. The zero-order valence-electron chi connectivity index (χ0n) is 23.9. The third-order valence-electron chi connectivity index (χ3n) is 9.80. The zero-order valence-corrected chi connectivity index (χ0v) is 23.9. The number of piperidine rings is 1. The summed E-state index contributed by atoms with van der Waals surface area (Å²) in [4.78, 5) is 30.7. The van der Waals surface area contributed by atoms with Crippen LogP contribution in [-0.2, 0) is 28.7 Å². The van der Waals surface area contributed by atoms with Crippen LogP contribution in [0.5, 0.6) is 0 Å². The van der Waals surface area contributed by atoms with Gasteiger partial charge in [-0.05, 0) is 104 Å². The molecule has 1 saturated carbocycles. The molecule has 2 fully saturated rings. The van der Waals surface area contributed by atoms with Crippen molar-refractivity contribution in [1.29, 1.82) is 0 Å². The number of hydrogen-bond acceptors (Lipinski definition) is 4. The van der Waals surface area contributed by atoms with Crippen molar-refractivity contribution in [3.8, 4) is 0 Å². The summed E-state index contributed by atoms with van der Waals surface area (Å²) in [5.74, 6) is -0.555. The van der Waals surface area contributed by atoms with E-state index in [0.29, 0.717) is 30.0 Å². The number of rotatable bonds is 5. The van der Waals surface area contributed by atoms with Crippen molar-refractivity contribution in [1.82, 2.24) is 9.80 Å². The number of methoxy groups -OCH3 is 1. The lowest BCUT2D eigenvalue weighted by Gasteiger charge is -2.41. The Morgan fingerprint density at radius 3 is 2.32 bits per heavy atom. The van der Waals surface area contributed by atoms with E-state index < -0.39 is 23.1 Å². The first-order valence-electron chi connectivity index (χ1n) is 14.5. The number of carbonyl (C=O) groups is 2. The van der Waals surface area contributed by atoms with Gasteiger partial charge in [0.2, 0.25) is 5.91 Å². The lowest BCUT2D eigenvalue weighted by atomic mass is 9.73. The van der Waals surface area contributed by atoms with Gasteiger partial charge in [-0.2, -0.15) is 13.2 Å². The van der Waals surface area contributed by atoms with Gasteiger partial charge in [0.1, 0.15) is 5.82 Å². The fourth-order valence-electron chi connectivity index (χ4n) is 7.30. The van der Waals surface area contributed by atoms with Gasteiger partial charge < -0.3 is 14.5 Å². The Bertz CT molecular complexity index is 1290. The summed E-state index contributed by atoms with van der Waals surface area (Å²) in [5, 5.41) is 0. The maximum Gasteiger partial charge on any atom is 0.416 e. The fourth-order valence-corrected chi connectivity index (χ4v) is 7.30. The lowest BCUT2D eigenvalue weighted by molar-refractivity contribution is -0.146. The number of ether oxygens (including phenoxy) is 1. The largest absolute Gasteiger partial charge is 0.465 e. The van der Waals surface area contributed by atoms with E-state index in [2.05, 4.69) is 18.7 Å². The monoisotopic (exact) mass is 574 g/mol. The van der Waals surface area contributed by atoms with Crippen LogP contribution in [0, 0.1) is 17.2 Å². The van der Waals surface area contributed by atoms with Gasteiger partial charge in [-0.25, -0.2) is 9.18 Å². The number of alkyl halides is 3. The number of benzene rings is 2. The maximum atomic E-state index is 14.2. The van der Waals surface area contributed by atoms with Crippen molar-refractivity contribution in [3.05, 3.63) is 70.0 Å². The van der Waals surface area contributed by atoms with E-state index in [1.807, 2.05) is 12.1 Å². The fraction of sp³-hybridized carbons (Fsp3) is 0.562. The first-order valence-corrected chi connectivity index (χ1v) is 14.5. The molecule has 3 aliphatic rings. The number of halogens is 4. The third-order valence-corrected chi connectivity index (χ3v) is 9.80. The van der Waals surface area contributed by atoms with Gasteiger partial charge in [-0.1, -0.05) is 26.0 Å². The van der Waals surface area contributed by atoms with E-state index in [4.69, 9.17) is 4.74 Å². The van der Waals surface area contributed by atoms with Crippen LogP contribution in [0.2, 0.25) is 0 Å². The van der Waals surface area contributed by atoms with Gasteiger partial charge in [0.25, 0.3) is 0 Å². The summed E-state index contributed by atoms with van der Waals surface area (Å²) < 4.78 is 59.2. The first kappa shape index (κ1) is 29.5. The molecule has 2 unspecified atom stereocenters. The van der Waals surface area contributed by atoms with Gasteiger partial charge in [0, 0.05) is 19.1 Å². The molecule has 1 aliphatic carbocycles. The van der Waals surface area contributed by atoms with Gasteiger partial charge in [0.15, 0.2) is 0 Å². The molecular weight excluding hydrogens is 536 g/mol. The van der Waals surface area contributed by atoms with Gasteiger partial charge in [-0.3, -0.25) is 4.79 Å². The van der Waals surface area contributed by atoms with Crippen molar-refractivity contribution in [2.24, 2.45) is 11.3 Å². The molecule has 2 heterocycles. The Morgan fingerprint density at radius 2 is 1.71 bits per heavy atom. The van der Waals surface area contributed by atoms with Crippen molar-refractivity contribution < 1.29 is 31.9 Å². The Labute approximate surface area is 238 Å². The minimum atomic E-state index is -4.62. The highest BCUT2D eigenvalue weighted by atomic mass is 19.4. The molecule has 2 atom stereocenters. The number of hydrogen-bond donors (Lipinski definition) is 0. The smallest absolute Gasteiger partial charge is 0.416 e. The van der Waals surface area contributed by atoms with Crippen LogP contribution >= 0.6 is 0 Å². The van der Waals surface area contributed by atoms with Crippen LogP contribution in [0.1, 0.15) is 84.5 Å². The van der Waals surface area contributed by atoms with Crippen LogP contribution in [0.25, 0.3) is 0 Å². The Kier molecular flexibility index (Phi) is 8.21. The summed E-state index contributed by atoms with van der Waals surface area (Å²) in [6.07, 6.45) is 0.0233. The molecule has 0 N–H and O–H groups in total. The summed E-state index contributed by atoms with van der Waals surface area (Å²) >= 11 is 0. The van der Waals surface area contributed by atoms with E-state index in [1.54, 1.807) is 4.90 Å². The SMILES string of the molecule is COC(=O)c1cc(C(F)(F)F)cc2c1CCN(C(=O)C1(C(C)C)CCC(N3CCC(c4ccc(F)cc4)CC3)C1)C2. The second-order valence-electron chi connectivity index (χ2n) is 12.2. The number of carbonyl (C=O) groups excluding carboxylic acids is 2. The van der Waals surface area contributed by atoms with Crippen molar-refractivity contribution in [3.63, 3.8) is 0 Å². The summed E-state index contributed by atoms with van der Waals surface area (Å²) in [6, 6.07) is 8.98. The molecule has 222 valence electrons. The summed E-state index contributed by atoms with van der Waals surface area (Å²) in [7, 11) is 1.15. The van der Waals surface area contributed by atoms with E-state index in [0.717, 1.165) is 64.4 Å². The molecule has 0 spiro atoms. The molecular formula is C32H38F4N2O3. The highest BCUT2D eigenvalue weighted by Gasteiger charge is 2.51. The predicted molar refractivity (Wildman–Crippen MR) is 147 cm³/mol. The molecule has 5 nitrogen and oxygen atoms in total. The van der Waals surface area contributed by atoms with Crippen LogP contribution in [0.4, 0.5) is 17.6 Å². The molecule has 0 aromatic heterocycles. The average Bonchev–Trinajstić information content (AvgIpc) is 3.42. The minimum Gasteiger partial charge on any atom is -0.465 e. The molecule has 9 heteroatoms. The third kappa shape index (κ3) is 5.74. The van der Waals surface area contributed by atoms with Gasteiger partial charge >= 0.3 is 12.1 Å². The Hall–Kier alpha value is -2.94. The minimum absolute atomic E-state index is 0.00104. The number of fused-ring (bicyclic) bond motifs is 1. The standard InChI is InChI=1S/C32H38F4N2O3/c1-20(2)31(12-8-26(18-31)37-13-9-22(10-14-37)21-4-6-25(33)7-5-21)30(40)38-15-11-27-23(19-38)16-24(32(34,35)36)17-28(27)29(39)41-3/h4-7,16-17,20,22,26H,8-15,18-19H2,1-3H3. The van der Waals surface area contributed by atoms with Crippen molar-refractivity contribution in [2.45, 2.75) is 77.1 Å². The van der Waals surface area contributed by atoms with Gasteiger partial charge in [-0.15, -0.1) is 0 Å². The van der Waals surface area contributed by atoms with Crippen molar-refractivity contribution >= 4 is 11.9 Å². The van der Waals surface area contributed by atoms with E-state index in [1.165, 1.54) is 17.7 Å². The molecule has 2 aromatic carbocycles. The molecule has 2 aromatic rings. The van der Waals surface area contributed by atoms with Crippen molar-refractivity contribution in [2.75, 3.05) is 26.7 Å². The lowest BCUT2D eigenvalue weighted by Crippen LogP contribution is -2.49. The van der Waals surface area contributed by atoms with E-state index in [-0.39, 0.29) is 35.8 Å². The molecule has 41 heavy (non-hydrogen) atoms. The zero-order chi connectivity index (χ0) is 29.5. The highest BCUT2D eigenvalue weighted by molar-refractivity contribution is 5.92. The molecule has 0 bridgehead atoms. The maximum absolute atomic E-state index is 14.2. The van der Waals surface area contributed by atoms with Crippen LogP contribution in [0.3, 0.4) is 0 Å². The Balaban J connectivity index is 1.31. The number of likely N-dealkylation sites (tertiary alicyclic amines) is 1. The summed E-state index contributed by atoms with van der Waals surface area (Å²) in [6.45, 7) is 6.37. The van der Waals surface area contributed by atoms with Crippen LogP contribution in [-0.4, -0.2) is 54.5 Å². The molecule has 5 rings (SSSR count). The van der Waals surface area contributed by atoms with Crippen LogP contribution in [0.15, 0.2) is 36.4 Å².